The molecule has 1 fully saturated rings. The third kappa shape index (κ3) is 5.68. The molecule has 4 rings (SSSR count). The molecule has 1 aromatic heterocycles. The second-order valence-electron chi connectivity index (χ2n) is 9.66. The van der Waals surface area contributed by atoms with Crippen LogP contribution in [-0.2, 0) is 22.4 Å². The van der Waals surface area contributed by atoms with Gasteiger partial charge in [0.1, 0.15) is 10.6 Å². The van der Waals surface area contributed by atoms with Crippen molar-refractivity contribution >= 4 is 23.4 Å². The van der Waals surface area contributed by atoms with Gasteiger partial charge in [-0.15, -0.1) is 0 Å². The highest BCUT2D eigenvalue weighted by Gasteiger charge is 2.26. The number of aromatic nitrogens is 2. The first-order valence-electron chi connectivity index (χ1n) is 11.4. The Morgan fingerprint density at radius 1 is 1.33 bits per heavy atom. The zero-order valence-corrected chi connectivity index (χ0v) is 20.2. The van der Waals surface area contributed by atoms with E-state index >= 15 is 0 Å². The highest BCUT2D eigenvalue weighted by atomic mass is 35.5. The molecule has 3 heterocycles. The highest BCUT2D eigenvalue weighted by Crippen LogP contribution is 2.24. The van der Waals surface area contributed by atoms with Gasteiger partial charge in [-0.2, -0.15) is 9.78 Å². The summed E-state index contributed by atoms with van der Waals surface area (Å²) in [6, 6.07) is 5.70. The van der Waals surface area contributed by atoms with Crippen LogP contribution in [0.1, 0.15) is 44.7 Å². The lowest BCUT2D eigenvalue weighted by Gasteiger charge is -2.31. The maximum Gasteiger partial charge on any atom is 0.410 e. The summed E-state index contributed by atoms with van der Waals surface area (Å²) < 4.78 is 12.3. The lowest BCUT2D eigenvalue weighted by atomic mass is 9.99. The summed E-state index contributed by atoms with van der Waals surface area (Å²) in [5, 5.41) is 7.71. The maximum atomic E-state index is 12.9. The summed E-state index contributed by atoms with van der Waals surface area (Å²) >= 11 is 6.39. The summed E-state index contributed by atoms with van der Waals surface area (Å²) in [5.41, 5.74) is 2.40. The second kappa shape index (κ2) is 9.73. The molecular weight excluding hydrogens is 444 g/mol. The SMILES string of the molecule is CC(C)(C)OC(=O)N1CCc2cc(-n3ncc(NC[C@H]4CCCOC4)c(Cl)c3=O)ccc2C1. The van der Waals surface area contributed by atoms with E-state index in [1.165, 1.54) is 4.68 Å². The van der Waals surface area contributed by atoms with Gasteiger partial charge in [-0.3, -0.25) is 4.79 Å². The number of anilines is 1. The van der Waals surface area contributed by atoms with Crippen LogP contribution in [0.25, 0.3) is 5.69 Å². The Kier molecular flexibility index (Phi) is 6.95. The van der Waals surface area contributed by atoms with Crippen LogP contribution in [0.5, 0.6) is 0 Å². The molecule has 178 valence electrons. The number of benzene rings is 1. The van der Waals surface area contributed by atoms with Gasteiger partial charge < -0.3 is 19.7 Å². The Hall–Kier alpha value is -2.58. The predicted molar refractivity (Wildman–Crippen MR) is 127 cm³/mol. The van der Waals surface area contributed by atoms with Crippen LogP contribution >= 0.6 is 11.6 Å². The van der Waals surface area contributed by atoms with Crippen LogP contribution in [0.15, 0.2) is 29.2 Å². The number of nitrogens with one attached hydrogen (secondary N) is 1. The van der Waals surface area contributed by atoms with Gasteiger partial charge in [-0.25, -0.2) is 4.79 Å². The predicted octanol–water partition coefficient (Wildman–Crippen LogP) is 4.02. The zero-order valence-electron chi connectivity index (χ0n) is 19.4. The van der Waals surface area contributed by atoms with E-state index in [-0.39, 0.29) is 16.7 Å². The smallest absolute Gasteiger partial charge is 0.410 e. The van der Waals surface area contributed by atoms with Crippen molar-refractivity contribution < 1.29 is 14.3 Å². The molecule has 0 aliphatic carbocycles. The van der Waals surface area contributed by atoms with Crippen molar-refractivity contribution in [2.75, 3.05) is 31.6 Å². The number of carbonyl (C=O) groups excluding carboxylic acids is 1. The molecule has 0 radical (unpaired) electrons. The zero-order chi connectivity index (χ0) is 23.6. The molecule has 33 heavy (non-hydrogen) atoms. The second-order valence-corrected chi connectivity index (χ2v) is 10.0. The monoisotopic (exact) mass is 474 g/mol. The Labute approximate surface area is 198 Å². The fourth-order valence-electron chi connectivity index (χ4n) is 4.12. The van der Waals surface area contributed by atoms with Gasteiger partial charge in [0.05, 0.1) is 24.2 Å². The number of fused-ring (bicyclic) bond motifs is 1. The Morgan fingerprint density at radius 2 is 2.15 bits per heavy atom. The van der Waals surface area contributed by atoms with Crippen molar-refractivity contribution in [2.45, 2.75) is 52.2 Å². The van der Waals surface area contributed by atoms with Gasteiger partial charge in [0.25, 0.3) is 5.56 Å². The summed E-state index contributed by atoms with van der Waals surface area (Å²) in [6.07, 6.45) is 4.10. The molecule has 1 saturated heterocycles. The molecule has 0 unspecified atom stereocenters. The third-order valence-electron chi connectivity index (χ3n) is 5.85. The van der Waals surface area contributed by atoms with Crippen molar-refractivity contribution in [1.29, 1.82) is 0 Å². The molecule has 2 aliphatic rings. The van der Waals surface area contributed by atoms with Crippen molar-refractivity contribution in [3.8, 4) is 5.69 Å². The lowest BCUT2D eigenvalue weighted by molar-refractivity contribution is 0.0224. The normalized spacial score (nSPS) is 18.5. The van der Waals surface area contributed by atoms with Crippen molar-refractivity contribution in [1.82, 2.24) is 14.7 Å². The molecule has 2 aliphatic heterocycles. The molecule has 0 saturated carbocycles. The van der Waals surface area contributed by atoms with E-state index in [0.717, 1.165) is 37.2 Å². The first kappa shape index (κ1) is 23.6. The molecule has 1 amide bonds. The Bertz CT molecular complexity index is 1070. The number of carbonyl (C=O) groups is 1. The van der Waals surface area contributed by atoms with Crippen LogP contribution in [-0.4, -0.2) is 52.7 Å². The van der Waals surface area contributed by atoms with Gasteiger partial charge in [0.2, 0.25) is 0 Å². The van der Waals surface area contributed by atoms with Crippen LogP contribution in [0.4, 0.5) is 10.5 Å². The summed E-state index contributed by atoms with van der Waals surface area (Å²) in [6.45, 7) is 8.83. The van der Waals surface area contributed by atoms with Gasteiger partial charge in [-0.1, -0.05) is 17.7 Å². The van der Waals surface area contributed by atoms with Crippen LogP contribution < -0.4 is 10.9 Å². The van der Waals surface area contributed by atoms with Gasteiger partial charge in [-0.05, 0) is 69.2 Å². The number of ether oxygens (including phenoxy) is 2. The van der Waals surface area contributed by atoms with Crippen molar-refractivity contribution in [3.63, 3.8) is 0 Å². The van der Waals surface area contributed by atoms with E-state index in [1.807, 2.05) is 39.0 Å². The van der Waals surface area contributed by atoms with Crippen molar-refractivity contribution in [2.24, 2.45) is 5.92 Å². The first-order valence-corrected chi connectivity index (χ1v) is 11.8. The average Bonchev–Trinajstić information content (AvgIpc) is 2.79. The van der Waals surface area contributed by atoms with Gasteiger partial charge >= 0.3 is 6.09 Å². The average molecular weight is 475 g/mol. The summed E-state index contributed by atoms with van der Waals surface area (Å²) in [7, 11) is 0. The van der Waals surface area contributed by atoms with Crippen LogP contribution in [0.3, 0.4) is 0 Å². The first-order chi connectivity index (χ1) is 15.7. The Balaban J connectivity index is 1.47. The van der Waals surface area contributed by atoms with E-state index in [4.69, 9.17) is 21.1 Å². The van der Waals surface area contributed by atoms with Gasteiger partial charge in [0, 0.05) is 26.2 Å². The lowest BCUT2D eigenvalue weighted by Crippen LogP contribution is -2.40. The number of rotatable bonds is 4. The quantitative estimate of drug-likeness (QED) is 0.720. The standard InChI is InChI=1S/C24H31ClN4O4/c1-24(2,3)33-23(31)28-9-8-17-11-19(7-6-18(17)14-28)29-22(30)21(25)20(13-27-29)26-12-16-5-4-10-32-15-16/h6-7,11,13,16,26H,4-5,8-10,12,14-15H2,1-3H3/t16-/m1/s1. The fraction of sp³-hybridized carbons (Fsp3) is 0.542. The number of hydrogen-bond acceptors (Lipinski definition) is 6. The van der Waals surface area contributed by atoms with E-state index < -0.39 is 5.60 Å². The molecule has 9 heteroatoms. The maximum absolute atomic E-state index is 12.9. The number of halogens is 1. The van der Waals surface area contributed by atoms with Gasteiger partial charge in [0.15, 0.2) is 0 Å². The minimum Gasteiger partial charge on any atom is -0.444 e. The van der Waals surface area contributed by atoms with E-state index in [0.29, 0.717) is 43.3 Å². The molecular formula is C24H31ClN4O4. The summed E-state index contributed by atoms with van der Waals surface area (Å²) in [5.74, 6) is 0.401. The molecule has 8 nitrogen and oxygen atoms in total. The number of hydrogen-bond donors (Lipinski definition) is 1. The van der Waals surface area contributed by atoms with Crippen LogP contribution in [0, 0.1) is 5.92 Å². The molecule has 0 bridgehead atoms. The molecule has 1 N–H and O–H groups in total. The number of amides is 1. The molecule has 2 aromatic rings. The van der Waals surface area contributed by atoms with E-state index in [1.54, 1.807) is 11.1 Å². The minimum atomic E-state index is -0.529. The minimum absolute atomic E-state index is 0.121. The molecule has 1 aromatic carbocycles. The Morgan fingerprint density at radius 3 is 2.88 bits per heavy atom. The number of nitrogens with zero attached hydrogens (tertiary/aromatic N) is 3. The molecule has 0 spiro atoms. The molecule has 1 atom stereocenters. The summed E-state index contributed by atoms with van der Waals surface area (Å²) in [4.78, 5) is 27.0. The fourth-order valence-corrected chi connectivity index (χ4v) is 4.31. The topological polar surface area (TPSA) is 85.7 Å². The van der Waals surface area contributed by atoms with E-state index in [2.05, 4.69) is 10.4 Å². The van der Waals surface area contributed by atoms with E-state index in [9.17, 15) is 9.59 Å². The van der Waals surface area contributed by atoms with Crippen molar-refractivity contribution in [3.05, 3.63) is 50.9 Å². The highest BCUT2D eigenvalue weighted by molar-refractivity contribution is 6.32. The third-order valence-corrected chi connectivity index (χ3v) is 6.22. The largest absolute Gasteiger partial charge is 0.444 e. The van der Waals surface area contributed by atoms with Crippen LogP contribution in [0.2, 0.25) is 5.02 Å².